The van der Waals surface area contributed by atoms with Crippen LogP contribution in [0.25, 0.3) is 0 Å². The highest BCUT2D eigenvalue weighted by atomic mass is 32.2. The van der Waals surface area contributed by atoms with Crippen LogP contribution in [0.3, 0.4) is 0 Å². The van der Waals surface area contributed by atoms with Crippen molar-refractivity contribution in [2.24, 2.45) is 0 Å². The van der Waals surface area contributed by atoms with Gasteiger partial charge in [-0.25, -0.2) is 12.7 Å². The smallest absolute Gasteiger partial charge is 0.279 e. The lowest BCUT2D eigenvalue weighted by atomic mass is 10.3. The van der Waals surface area contributed by atoms with E-state index >= 15 is 0 Å². The van der Waals surface area contributed by atoms with Crippen molar-refractivity contribution in [3.63, 3.8) is 0 Å². The number of carbonyl (C=O) groups is 2. The van der Waals surface area contributed by atoms with Crippen LogP contribution in [0, 0.1) is 0 Å². The second-order valence-corrected chi connectivity index (χ2v) is 8.45. The summed E-state index contributed by atoms with van der Waals surface area (Å²) in [6, 6.07) is 6.22. The van der Waals surface area contributed by atoms with Crippen LogP contribution in [0.5, 0.6) is 0 Å². The molecule has 138 valence electrons. The van der Waals surface area contributed by atoms with Gasteiger partial charge in [0.05, 0.1) is 31.1 Å². The summed E-state index contributed by atoms with van der Waals surface area (Å²) in [5.41, 5.74) is 0.453. The molecule has 0 unspecified atom stereocenters. The Kier molecular flexibility index (Phi) is 6.15. The molecule has 1 aromatic rings. The van der Waals surface area contributed by atoms with E-state index in [0.29, 0.717) is 18.8 Å². The molecule has 1 saturated heterocycles. The Morgan fingerprint density at radius 3 is 2.44 bits per heavy atom. The molecule has 2 rings (SSSR count). The second-order valence-electron chi connectivity index (χ2n) is 6.30. The van der Waals surface area contributed by atoms with Crippen molar-refractivity contribution in [2.75, 3.05) is 52.1 Å². The number of hydrogen-bond donors (Lipinski definition) is 2. The number of anilines is 1. The Morgan fingerprint density at radius 2 is 1.88 bits per heavy atom. The quantitative estimate of drug-likeness (QED) is 0.670. The fraction of sp³-hybridized carbons (Fsp3) is 0.500. The summed E-state index contributed by atoms with van der Waals surface area (Å²) >= 11 is 0. The van der Waals surface area contributed by atoms with Gasteiger partial charge in [0.25, 0.3) is 5.91 Å². The molecule has 8 nitrogen and oxygen atoms in total. The first-order valence-electron chi connectivity index (χ1n) is 8.11. The molecule has 1 fully saturated rings. The molecule has 0 saturated carbocycles. The van der Waals surface area contributed by atoms with E-state index in [1.165, 1.54) is 26.2 Å². The van der Waals surface area contributed by atoms with Gasteiger partial charge in [0.1, 0.15) is 0 Å². The van der Waals surface area contributed by atoms with Gasteiger partial charge in [-0.2, -0.15) is 0 Å². The van der Waals surface area contributed by atoms with E-state index in [0.717, 1.165) is 22.3 Å². The normalized spacial score (nSPS) is 16.1. The third-order valence-electron chi connectivity index (χ3n) is 4.22. The van der Waals surface area contributed by atoms with Crippen LogP contribution >= 0.6 is 0 Å². The molecule has 1 aromatic carbocycles. The highest BCUT2D eigenvalue weighted by molar-refractivity contribution is 7.89. The van der Waals surface area contributed by atoms with Crippen LogP contribution in [-0.2, 0) is 19.6 Å². The molecule has 0 aliphatic carbocycles. The molecule has 0 radical (unpaired) electrons. The minimum Gasteiger partial charge on any atom is -0.332 e. The predicted octanol–water partition coefficient (Wildman–Crippen LogP) is -1.38. The summed E-state index contributed by atoms with van der Waals surface area (Å²) in [6.07, 6.45) is 0. The molecule has 1 heterocycles. The summed E-state index contributed by atoms with van der Waals surface area (Å²) in [5.74, 6) is -0.118. The zero-order valence-corrected chi connectivity index (χ0v) is 15.6. The van der Waals surface area contributed by atoms with Crippen molar-refractivity contribution in [2.45, 2.75) is 11.8 Å². The minimum atomic E-state index is -3.54. The van der Waals surface area contributed by atoms with Crippen molar-refractivity contribution in [1.29, 1.82) is 0 Å². The standard InChI is InChI=1S/C16H24N4O4S/c1-13(21)20-9-7-19(8-10-20)12-16(22)17-14-5-4-6-15(11-14)25(23,24)18(2)3/h4-6,11H,7-10,12H2,1-3H3,(H,17,22)/p+1. The Balaban J connectivity index is 1.94. The third kappa shape index (κ3) is 5.00. The van der Waals surface area contributed by atoms with E-state index in [1.807, 2.05) is 0 Å². The zero-order chi connectivity index (χ0) is 18.6. The van der Waals surface area contributed by atoms with Gasteiger partial charge in [-0.1, -0.05) is 6.07 Å². The van der Waals surface area contributed by atoms with Gasteiger partial charge in [0.15, 0.2) is 6.54 Å². The number of sulfonamides is 1. The molecule has 1 aliphatic heterocycles. The highest BCUT2D eigenvalue weighted by Crippen LogP contribution is 2.17. The number of nitrogens with one attached hydrogen (secondary N) is 2. The first-order valence-corrected chi connectivity index (χ1v) is 9.55. The Bertz CT molecular complexity index is 740. The number of benzene rings is 1. The van der Waals surface area contributed by atoms with Gasteiger partial charge in [-0.05, 0) is 18.2 Å². The fourth-order valence-corrected chi connectivity index (χ4v) is 3.64. The van der Waals surface area contributed by atoms with Crippen molar-refractivity contribution < 1.29 is 22.9 Å². The second kappa shape index (κ2) is 7.94. The number of nitrogens with zero attached hydrogens (tertiary/aromatic N) is 2. The minimum absolute atomic E-state index is 0.0578. The number of amides is 2. The van der Waals surface area contributed by atoms with Crippen molar-refractivity contribution >= 4 is 27.5 Å². The highest BCUT2D eigenvalue weighted by Gasteiger charge is 2.23. The summed E-state index contributed by atoms with van der Waals surface area (Å²) in [5, 5.41) is 2.75. The summed E-state index contributed by atoms with van der Waals surface area (Å²) in [4.78, 5) is 26.5. The van der Waals surface area contributed by atoms with Crippen molar-refractivity contribution in [3.05, 3.63) is 24.3 Å². The van der Waals surface area contributed by atoms with Gasteiger partial charge < -0.3 is 15.1 Å². The van der Waals surface area contributed by atoms with Gasteiger partial charge in [0.2, 0.25) is 15.9 Å². The molecule has 0 spiro atoms. The molecule has 0 atom stereocenters. The monoisotopic (exact) mass is 369 g/mol. The maximum atomic E-state index is 12.2. The third-order valence-corrected chi connectivity index (χ3v) is 6.03. The lowest BCUT2D eigenvalue weighted by Gasteiger charge is -2.31. The summed E-state index contributed by atoms with van der Waals surface area (Å²) in [7, 11) is -0.611. The first-order chi connectivity index (χ1) is 11.7. The van der Waals surface area contributed by atoms with Crippen LogP contribution < -0.4 is 10.2 Å². The van der Waals surface area contributed by atoms with Crippen molar-refractivity contribution in [1.82, 2.24) is 9.21 Å². The SMILES string of the molecule is CC(=O)N1CC[NH+](CC(=O)Nc2cccc(S(=O)(=O)N(C)C)c2)CC1. The number of hydrogen-bond acceptors (Lipinski definition) is 4. The zero-order valence-electron chi connectivity index (χ0n) is 14.8. The van der Waals surface area contributed by atoms with Gasteiger partial charge >= 0.3 is 0 Å². The lowest BCUT2D eigenvalue weighted by Crippen LogP contribution is -3.15. The van der Waals surface area contributed by atoms with Crippen LogP contribution in [0.1, 0.15) is 6.92 Å². The number of rotatable bonds is 5. The van der Waals surface area contributed by atoms with Crippen LogP contribution in [0.2, 0.25) is 0 Å². The molecule has 25 heavy (non-hydrogen) atoms. The molecule has 2 amide bonds. The van der Waals surface area contributed by atoms with Gasteiger partial charge in [-0.3, -0.25) is 9.59 Å². The molecular weight excluding hydrogens is 344 g/mol. The Hall–Kier alpha value is -1.97. The van der Waals surface area contributed by atoms with E-state index < -0.39 is 10.0 Å². The fourth-order valence-electron chi connectivity index (χ4n) is 2.69. The average Bonchev–Trinajstić information content (AvgIpc) is 2.55. The first kappa shape index (κ1) is 19.4. The van der Waals surface area contributed by atoms with E-state index in [2.05, 4.69) is 5.32 Å². The topological polar surface area (TPSA) is 91.2 Å². The summed E-state index contributed by atoms with van der Waals surface area (Å²) in [6.45, 7) is 4.58. The molecule has 2 N–H and O–H groups in total. The van der Waals surface area contributed by atoms with E-state index in [-0.39, 0.29) is 23.3 Å². The summed E-state index contributed by atoms with van der Waals surface area (Å²) < 4.78 is 25.4. The van der Waals surface area contributed by atoms with E-state index in [1.54, 1.807) is 24.0 Å². The van der Waals surface area contributed by atoms with Gasteiger partial charge in [0, 0.05) is 26.7 Å². The molecule has 0 bridgehead atoms. The van der Waals surface area contributed by atoms with Crippen molar-refractivity contribution in [3.8, 4) is 0 Å². The Morgan fingerprint density at radius 1 is 1.24 bits per heavy atom. The van der Waals surface area contributed by atoms with Crippen LogP contribution in [-0.4, -0.2) is 76.3 Å². The van der Waals surface area contributed by atoms with Gasteiger partial charge in [-0.15, -0.1) is 0 Å². The maximum Gasteiger partial charge on any atom is 0.279 e. The number of piperazine rings is 1. The molecule has 9 heteroatoms. The Labute approximate surface area is 148 Å². The van der Waals surface area contributed by atoms with Crippen LogP contribution in [0.4, 0.5) is 5.69 Å². The number of carbonyl (C=O) groups excluding carboxylic acids is 2. The lowest BCUT2D eigenvalue weighted by molar-refractivity contribution is -0.895. The van der Waals surface area contributed by atoms with E-state index in [4.69, 9.17) is 0 Å². The molecular formula is C16H25N4O4S+. The predicted molar refractivity (Wildman–Crippen MR) is 93.8 cm³/mol. The van der Waals surface area contributed by atoms with Crippen LogP contribution in [0.15, 0.2) is 29.2 Å². The molecule has 0 aromatic heterocycles. The number of quaternary nitrogens is 1. The average molecular weight is 369 g/mol. The maximum absolute atomic E-state index is 12.2. The molecule has 1 aliphatic rings. The van der Waals surface area contributed by atoms with E-state index in [9.17, 15) is 18.0 Å². The largest absolute Gasteiger partial charge is 0.332 e.